The van der Waals surface area contributed by atoms with Crippen LogP contribution in [0.15, 0.2) is 42.0 Å². The first-order valence-corrected chi connectivity index (χ1v) is 9.86. The number of benzene rings is 2. The van der Waals surface area contributed by atoms with Gasteiger partial charge in [0.05, 0.1) is 17.9 Å². The number of carbonyl (C=O) groups is 2. The van der Waals surface area contributed by atoms with Gasteiger partial charge in [-0.2, -0.15) is 5.26 Å². The third-order valence-electron chi connectivity index (χ3n) is 3.16. The molecule has 0 saturated carbocycles. The smallest absolute Gasteiger partial charge is 0.341 e. The van der Waals surface area contributed by atoms with Gasteiger partial charge in [-0.1, -0.05) is 23.7 Å². The molecule has 9 heteroatoms. The molecule has 2 rings (SSSR count). The molecule has 0 unspecified atom stereocenters. The Labute approximate surface area is 187 Å². The molecule has 2 aromatic rings. The van der Waals surface area contributed by atoms with Crippen LogP contribution in [0.25, 0.3) is 6.08 Å². The first kappa shape index (κ1) is 21.5. The maximum absolute atomic E-state index is 12.4. The molecule has 0 aliphatic rings. The van der Waals surface area contributed by atoms with E-state index in [2.05, 4.69) is 5.32 Å². The summed E-state index contributed by atoms with van der Waals surface area (Å²) >= 11 is 10.0. The molecule has 0 heterocycles. The summed E-state index contributed by atoms with van der Waals surface area (Å²) in [5.74, 6) is -1.22. The molecule has 1 amide bonds. The van der Waals surface area contributed by atoms with Gasteiger partial charge in [-0.15, -0.1) is 0 Å². The van der Waals surface area contributed by atoms with Gasteiger partial charge in [-0.05, 0) is 81.1 Å². The van der Waals surface area contributed by atoms with E-state index in [-0.39, 0.29) is 5.57 Å². The van der Waals surface area contributed by atoms with Crippen LogP contribution < -0.4 is 10.1 Å². The number of anilines is 1. The van der Waals surface area contributed by atoms with Crippen LogP contribution in [-0.2, 0) is 9.59 Å². The monoisotopic (exact) mass is 608 g/mol. The number of carboxylic acid groups (broad SMARTS) is 1. The van der Waals surface area contributed by atoms with E-state index in [1.165, 1.54) is 6.08 Å². The predicted molar refractivity (Wildman–Crippen MR) is 119 cm³/mol. The number of rotatable bonds is 6. The van der Waals surface area contributed by atoms with Crippen molar-refractivity contribution in [3.63, 3.8) is 0 Å². The zero-order chi connectivity index (χ0) is 20.0. The van der Waals surface area contributed by atoms with Crippen molar-refractivity contribution in [2.75, 3.05) is 11.9 Å². The molecule has 138 valence electrons. The topological polar surface area (TPSA) is 99.4 Å². The fourth-order valence-electron chi connectivity index (χ4n) is 2.00. The van der Waals surface area contributed by atoms with Crippen LogP contribution in [0, 0.1) is 18.5 Å². The van der Waals surface area contributed by atoms with Crippen molar-refractivity contribution < 1.29 is 19.4 Å². The van der Waals surface area contributed by atoms with E-state index in [0.29, 0.717) is 29.2 Å². The Bertz CT molecular complexity index is 947. The van der Waals surface area contributed by atoms with Gasteiger partial charge >= 0.3 is 5.97 Å². The lowest BCUT2D eigenvalue weighted by molar-refractivity contribution is -0.139. The molecule has 6 nitrogen and oxygen atoms in total. The van der Waals surface area contributed by atoms with Crippen molar-refractivity contribution in [3.05, 3.63) is 59.7 Å². The second kappa shape index (κ2) is 9.91. The SMILES string of the molecule is N#C/C(=C/c1cc(I)c(OCC(=O)O)c(I)c1)C(=O)Nc1ccccc1Cl. The number of para-hydroxylation sites is 1. The molecule has 2 aromatic carbocycles. The summed E-state index contributed by atoms with van der Waals surface area (Å²) < 4.78 is 6.59. The molecule has 0 aromatic heterocycles. The molecular weight excluding hydrogens is 597 g/mol. The maximum atomic E-state index is 12.4. The third kappa shape index (κ3) is 6.08. The van der Waals surface area contributed by atoms with E-state index in [0.717, 1.165) is 0 Å². The van der Waals surface area contributed by atoms with Crippen LogP contribution in [0.1, 0.15) is 5.56 Å². The summed E-state index contributed by atoms with van der Waals surface area (Å²) in [7, 11) is 0. The summed E-state index contributed by atoms with van der Waals surface area (Å²) in [4.78, 5) is 23.0. The summed E-state index contributed by atoms with van der Waals surface area (Å²) in [5, 5.41) is 21.0. The van der Waals surface area contributed by atoms with E-state index in [9.17, 15) is 14.9 Å². The Morgan fingerprint density at radius 1 is 1.26 bits per heavy atom. The third-order valence-corrected chi connectivity index (χ3v) is 5.09. The molecule has 2 N–H and O–H groups in total. The number of hydrogen-bond acceptors (Lipinski definition) is 4. The number of halogens is 3. The molecule has 0 atom stereocenters. The lowest BCUT2D eigenvalue weighted by Crippen LogP contribution is -2.13. The minimum Gasteiger partial charge on any atom is -0.480 e. The highest BCUT2D eigenvalue weighted by Crippen LogP contribution is 2.30. The van der Waals surface area contributed by atoms with Crippen molar-refractivity contribution in [2.45, 2.75) is 0 Å². The molecule has 0 fully saturated rings. The van der Waals surface area contributed by atoms with Crippen molar-refractivity contribution in [3.8, 4) is 11.8 Å². The Balaban J connectivity index is 2.27. The molecule has 0 bridgehead atoms. The molecule has 0 aliphatic heterocycles. The highest BCUT2D eigenvalue weighted by atomic mass is 127. The van der Waals surface area contributed by atoms with Gasteiger partial charge in [0.1, 0.15) is 17.4 Å². The first-order valence-electron chi connectivity index (χ1n) is 7.33. The van der Waals surface area contributed by atoms with Crippen LogP contribution in [0.2, 0.25) is 5.02 Å². The van der Waals surface area contributed by atoms with E-state index < -0.39 is 18.5 Å². The second-order valence-electron chi connectivity index (χ2n) is 5.10. The Kier molecular flexibility index (Phi) is 7.88. The number of carboxylic acids is 1. The minimum absolute atomic E-state index is 0.0966. The van der Waals surface area contributed by atoms with Crippen LogP contribution in [0.3, 0.4) is 0 Å². The summed E-state index contributed by atoms with van der Waals surface area (Å²) in [6, 6.07) is 12.0. The molecule has 0 aliphatic carbocycles. The fraction of sp³-hybridized carbons (Fsp3) is 0.0556. The van der Waals surface area contributed by atoms with E-state index in [1.807, 2.05) is 51.3 Å². The molecule has 27 heavy (non-hydrogen) atoms. The van der Waals surface area contributed by atoms with Gasteiger partial charge in [0.25, 0.3) is 5.91 Å². The average Bonchev–Trinajstić information content (AvgIpc) is 2.60. The summed E-state index contributed by atoms with van der Waals surface area (Å²) in [5.41, 5.74) is 0.921. The fourth-order valence-corrected chi connectivity index (χ4v) is 4.31. The van der Waals surface area contributed by atoms with E-state index in [4.69, 9.17) is 21.4 Å². The van der Waals surface area contributed by atoms with Gasteiger partial charge in [-0.25, -0.2) is 4.79 Å². The lowest BCUT2D eigenvalue weighted by atomic mass is 10.1. The van der Waals surface area contributed by atoms with E-state index >= 15 is 0 Å². The average molecular weight is 609 g/mol. The number of ether oxygens (including phenoxy) is 1. The lowest BCUT2D eigenvalue weighted by Gasteiger charge is -2.10. The van der Waals surface area contributed by atoms with Gasteiger partial charge in [0, 0.05) is 0 Å². The maximum Gasteiger partial charge on any atom is 0.341 e. The predicted octanol–water partition coefficient (Wildman–Crippen LogP) is 4.56. The van der Waals surface area contributed by atoms with Gasteiger partial charge in [0.15, 0.2) is 6.61 Å². The Morgan fingerprint density at radius 2 is 1.89 bits per heavy atom. The molecule has 0 saturated heterocycles. The van der Waals surface area contributed by atoms with Crippen molar-refractivity contribution in [1.29, 1.82) is 5.26 Å². The molecule has 0 spiro atoms. The highest BCUT2D eigenvalue weighted by molar-refractivity contribution is 14.1. The minimum atomic E-state index is -1.08. The van der Waals surface area contributed by atoms with E-state index in [1.54, 1.807) is 36.4 Å². The normalized spacial score (nSPS) is 10.8. The number of aliphatic carboxylic acids is 1. The summed E-state index contributed by atoms with van der Waals surface area (Å²) in [6.45, 7) is -0.453. The zero-order valence-corrected chi connectivity index (χ0v) is 18.6. The molecular formula is C18H11ClI2N2O4. The largest absolute Gasteiger partial charge is 0.480 e. The second-order valence-corrected chi connectivity index (χ2v) is 7.83. The van der Waals surface area contributed by atoms with Gasteiger partial charge < -0.3 is 15.2 Å². The first-order chi connectivity index (χ1) is 12.8. The van der Waals surface area contributed by atoms with Crippen molar-refractivity contribution in [1.82, 2.24) is 0 Å². The van der Waals surface area contributed by atoms with Gasteiger partial charge in [0.2, 0.25) is 0 Å². The highest BCUT2D eigenvalue weighted by Gasteiger charge is 2.14. The number of hydrogen-bond donors (Lipinski definition) is 2. The van der Waals surface area contributed by atoms with Crippen LogP contribution in [0.4, 0.5) is 5.69 Å². The quantitative estimate of drug-likeness (QED) is 0.285. The zero-order valence-electron chi connectivity index (χ0n) is 13.5. The van der Waals surface area contributed by atoms with Crippen LogP contribution in [0.5, 0.6) is 5.75 Å². The summed E-state index contributed by atoms with van der Waals surface area (Å²) in [6.07, 6.45) is 1.44. The Hall–Kier alpha value is -1.84. The van der Waals surface area contributed by atoms with Crippen molar-refractivity contribution >= 4 is 80.4 Å². The number of nitriles is 1. The number of nitrogens with one attached hydrogen (secondary N) is 1. The van der Waals surface area contributed by atoms with Crippen LogP contribution in [-0.4, -0.2) is 23.6 Å². The number of amides is 1. The van der Waals surface area contributed by atoms with Crippen molar-refractivity contribution in [2.24, 2.45) is 0 Å². The standard InChI is InChI=1S/C18H11ClI2N2O4/c19-12-3-1-2-4-15(12)23-18(26)11(8-22)5-10-6-13(20)17(14(21)7-10)27-9-16(24)25/h1-7H,9H2,(H,23,26)(H,24,25)/b11-5-. The van der Waals surface area contributed by atoms with Gasteiger partial charge in [-0.3, -0.25) is 4.79 Å². The number of nitrogens with zero attached hydrogens (tertiary/aromatic N) is 1. The van der Waals surface area contributed by atoms with Crippen LogP contribution >= 0.6 is 56.8 Å². The number of carbonyl (C=O) groups excluding carboxylic acids is 1. The Morgan fingerprint density at radius 3 is 2.44 bits per heavy atom. The molecule has 0 radical (unpaired) electrons.